The van der Waals surface area contributed by atoms with Crippen molar-refractivity contribution in [1.82, 2.24) is 0 Å². The fourth-order valence-electron chi connectivity index (χ4n) is 0.631. The summed E-state index contributed by atoms with van der Waals surface area (Å²) < 4.78 is 16.7. The molecule has 3 heteroatoms. The van der Waals surface area contributed by atoms with Gasteiger partial charge in [0.2, 0.25) is 0 Å². The molecule has 1 heterocycles. The Bertz CT molecular complexity index is 195. The molecule has 1 aromatic rings. The van der Waals surface area contributed by atoms with Crippen LogP contribution in [-0.2, 0) is 0 Å². The van der Waals surface area contributed by atoms with E-state index in [4.69, 9.17) is 5.73 Å². The molecule has 9 heavy (non-hydrogen) atoms. The Balaban J connectivity index is 2.94. The highest BCUT2D eigenvalue weighted by Crippen LogP contribution is 2.14. The SMILES string of the molecule is CC(N)c1ccoc1F. The summed E-state index contributed by atoms with van der Waals surface area (Å²) >= 11 is 0. The molecule has 50 valence electrons. The van der Waals surface area contributed by atoms with Crippen molar-refractivity contribution in [1.29, 1.82) is 0 Å². The number of halogens is 1. The predicted octanol–water partition coefficient (Wildman–Crippen LogP) is 1.44. The molecule has 2 nitrogen and oxygen atoms in total. The molecule has 0 aliphatic carbocycles. The van der Waals surface area contributed by atoms with Gasteiger partial charge in [-0.05, 0) is 13.0 Å². The van der Waals surface area contributed by atoms with Crippen LogP contribution < -0.4 is 5.73 Å². The van der Waals surface area contributed by atoms with Gasteiger partial charge in [-0.15, -0.1) is 0 Å². The number of furan rings is 1. The third kappa shape index (κ3) is 1.10. The standard InChI is InChI=1S/C6H8FNO/c1-4(8)5-2-3-9-6(5)7/h2-4H,8H2,1H3. The van der Waals surface area contributed by atoms with Crippen LogP contribution in [0.3, 0.4) is 0 Å². The van der Waals surface area contributed by atoms with Gasteiger partial charge in [-0.1, -0.05) is 0 Å². The normalized spacial score (nSPS) is 13.7. The Kier molecular flexibility index (Phi) is 1.53. The molecule has 0 bridgehead atoms. The highest BCUT2D eigenvalue weighted by Gasteiger charge is 2.07. The van der Waals surface area contributed by atoms with E-state index in [1.54, 1.807) is 6.92 Å². The van der Waals surface area contributed by atoms with Gasteiger partial charge in [-0.25, -0.2) is 0 Å². The predicted molar refractivity (Wildman–Crippen MR) is 31.3 cm³/mol. The lowest BCUT2D eigenvalue weighted by atomic mass is 10.2. The van der Waals surface area contributed by atoms with Gasteiger partial charge in [0.05, 0.1) is 6.26 Å². The molecule has 1 atom stereocenters. The average molecular weight is 129 g/mol. The van der Waals surface area contributed by atoms with E-state index < -0.39 is 6.01 Å². The van der Waals surface area contributed by atoms with Crippen molar-refractivity contribution in [3.05, 3.63) is 23.9 Å². The lowest BCUT2D eigenvalue weighted by Gasteiger charge is -1.97. The van der Waals surface area contributed by atoms with Gasteiger partial charge < -0.3 is 10.2 Å². The number of rotatable bonds is 1. The zero-order valence-corrected chi connectivity index (χ0v) is 5.10. The van der Waals surface area contributed by atoms with Crippen molar-refractivity contribution in [2.24, 2.45) is 5.73 Å². The van der Waals surface area contributed by atoms with E-state index in [1.165, 1.54) is 12.3 Å². The summed E-state index contributed by atoms with van der Waals surface area (Å²) in [6, 6.07) is 0.661. The molecule has 0 aromatic carbocycles. The molecule has 0 radical (unpaired) electrons. The summed E-state index contributed by atoms with van der Waals surface area (Å²) in [7, 11) is 0. The second-order valence-corrected chi connectivity index (χ2v) is 1.94. The average Bonchev–Trinajstić information content (AvgIpc) is 2.13. The molecular formula is C6H8FNO. The molecule has 0 amide bonds. The fraction of sp³-hybridized carbons (Fsp3) is 0.333. The Hall–Kier alpha value is -0.830. The van der Waals surface area contributed by atoms with Gasteiger partial charge in [0, 0.05) is 11.6 Å². The minimum Gasteiger partial charge on any atom is -0.439 e. The molecule has 0 aliphatic rings. The second-order valence-electron chi connectivity index (χ2n) is 1.94. The van der Waals surface area contributed by atoms with Gasteiger partial charge in [-0.2, -0.15) is 4.39 Å². The molecule has 2 N–H and O–H groups in total. The van der Waals surface area contributed by atoms with Crippen molar-refractivity contribution in [2.45, 2.75) is 13.0 Å². The molecule has 0 aliphatic heterocycles. The lowest BCUT2D eigenvalue weighted by molar-refractivity contribution is 0.349. The van der Waals surface area contributed by atoms with Crippen LogP contribution >= 0.6 is 0 Å². The first-order chi connectivity index (χ1) is 4.22. The second kappa shape index (κ2) is 2.19. The van der Waals surface area contributed by atoms with Crippen LogP contribution in [0, 0.1) is 6.01 Å². The van der Waals surface area contributed by atoms with Crippen molar-refractivity contribution >= 4 is 0 Å². The van der Waals surface area contributed by atoms with E-state index in [0.29, 0.717) is 5.56 Å². The molecule has 1 unspecified atom stereocenters. The molecule has 0 saturated carbocycles. The molecular weight excluding hydrogens is 121 g/mol. The summed E-state index contributed by atoms with van der Waals surface area (Å²) in [6.45, 7) is 1.70. The van der Waals surface area contributed by atoms with Gasteiger partial charge in [0.1, 0.15) is 0 Å². The molecule has 1 aromatic heterocycles. The maximum absolute atomic E-state index is 12.4. The topological polar surface area (TPSA) is 39.2 Å². The minimum absolute atomic E-state index is 0.288. The third-order valence-corrected chi connectivity index (χ3v) is 1.14. The Labute approximate surface area is 52.5 Å². The number of nitrogens with two attached hydrogens (primary N) is 1. The van der Waals surface area contributed by atoms with Crippen molar-refractivity contribution < 1.29 is 8.81 Å². The Morgan fingerprint density at radius 1 is 1.78 bits per heavy atom. The fourth-order valence-corrected chi connectivity index (χ4v) is 0.631. The highest BCUT2D eigenvalue weighted by molar-refractivity contribution is 5.11. The third-order valence-electron chi connectivity index (χ3n) is 1.14. The molecule has 0 saturated heterocycles. The zero-order valence-electron chi connectivity index (χ0n) is 5.10. The van der Waals surface area contributed by atoms with Crippen LogP contribution in [0.2, 0.25) is 0 Å². The van der Waals surface area contributed by atoms with E-state index in [2.05, 4.69) is 4.42 Å². The number of hydrogen-bond donors (Lipinski definition) is 1. The van der Waals surface area contributed by atoms with Gasteiger partial charge in [0.15, 0.2) is 0 Å². The molecule has 1 rings (SSSR count). The molecule has 0 spiro atoms. The summed E-state index contributed by atoms with van der Waals surface area (Å²) in [6.07, 6.45) is 1.29. The van der Waals surface area contributed by atoms with Gasteiger partial charge in [-0.3, -0.25) is 0 Å². The van der Waals surface area contributed by atoms with E-state index in [-0.39, 0.29) is 6.04 Å². The van der Waals surface area contributed by atoms with Crippen LogP contribution in [0.15, 0.2) is 16.7 Å². The first-order valence-electron chi connectivity index (χ1n) is 2.70. The zero-order chi connectivity index (χ0) is 6.85. The van der Waals surface area contributed by atoms with Crippen molar-refractivity contribution in [3.8, 4) is 0 Å². The summed E-state index contributed by atoms with van der Waals surface area (Å²) in [4.78, 5) is 0. The van der Waals surface area contributed by atoms with Gasteiger partial charge in [0.25, 0.3) is 6.01 Å². The van der Waals surface area contributed by atoms with Crippen LogP contribution in [-0.4, -0.2) is 0 Å². The highest BCUT2D eigenvalue weighted by atomic mass is 19.1. The monoisotopic (exact) mass is 129 g/mol. The van der Waals surface area contributed by atoms with E-state index in [1.807, 2.05) is 0 Å². The largest absolute Gasteiger partial charge is 0.439 e. The quantitative estimate of drug-likeness (QED) is 0.623. The summed E-state index contributed by atoms with van der Waals surface area (Å²) in [5.74, 6) is 0. The smallest absolute Gasteiger partial charge is 0.282 e. The Morgan fingerprint density at radius 3 is 2.67 bits per heavy atom. The number of hydrogen-bond acceptors (Lipinski definition) is 2. The van der Waals surface area contributed by atoms with Gasteiger partial charge >= 0.3 is 0 Å². The first kappa shape index (κ1) is 6.29. The van der Waals surface area contributed by atoms with E-state index in [9.17, 15) is 4.39 Å². The summed E-state index contributed by atoms with van der Waals surface area (Å²) in [5.41, 5.74) is 5.78. The Morgan fingerprint density at radius 2 is 2.44 bits per heavy atom. The van der Waals surface area contributed by atoms with Crippen molar-refractivity contribution in [2.75, 3.05) is 0 Å². The van der Waals surface area contributed by atoms with Crippen LogP contribution in [0.5, 0.6) is 0 Å². The van der Waals surface area contributed by atoms with Crippen LogP contribution in [0.1, 0.15) is 18.5 Å². The lowest BCUT2D eigenvalue weighted by Crippen LogP contribution is -2.04. The summed E-state index contributed by atoms with van der Waals surface area (Å²) in [5, 5.41) is 0. The molecule has 0 fully saturated rings. The maximum Gasteiger partial charge on any atom is 0.282 e. The van der Waals surface area contributed by atoms with Crippen LogP contribution in [0.25, 0.3) is 0 Å². The first-order valence-corrected chi connectivity index (χ1v) is 2.70. The van der Waals surface area contributed by atoms with E-state index in [0.717, 1.165) is 0 Å². The van der Waals surface area contributed by atoms with Crippen molar-refractivity contribution in [3.63, 3.8) is 0 Å². The maximum atomic E-state index is 12.4. The van der Waals surface area contributed by atoms with E-state index >= 15 is 0 Å². The van der Waals surface area contributed by atoms with Crippen LogP contribution in [0.4, 0.5) is 4.39 Å². The minimum atomic E-state index is -0.579.